The van der Waals surface area contributed by atoms with E-state index in [1.807, 2.05) is 18.2 Å². The molecule has 2 aromatic rings. The smallest absolute Gasteiger partial charge is 0.234 e. The maximum Gasteiger partial charge on any atom is 0.234 e. The van der Waals surface area contributed by atoms with Gasteiger partial charge in [-0.05, 0) is 12.1 Å². The summed E-state index contributed by atoms with van der Waals surface area (Å²) in [6, 6.07) is 5.79. The predicted octanol–water partition coefficient (Wildman–Crippen LogP) is 1.83. The second-order valence-corrected chi connectivity index (χ2v) is 5.09. The Morgan fingerprint density at radius 3 is 3.00 bits per heavy atom. The molecule has 1 aromatic heterocycles. The van der Waals surface area contributed by atoms with E-state index in [1.54, 1.807) is 0 Å². The van der Waals surface area contributed by atoms with E-state index in [1.165, 1.54) is 11.8 Å². The molecule has 0 saturated carbocycles. The molecule has 17 heavy (non-hydrogen) atoms. The molecule has 1 aliphatic rings. The highest BCUT2D eigenvalue weighted by molar-refractivity contribution is 8.00. The molecule has 1 amide bonds. The summed E-state index contributed by atoms with van der Waals surface area (Å²) < 4.78 is 8.08. The van der Waals surface area contributed by atoms with Crippen molar-refractivity contribution in [3.63, 3.8) is 0 Å². The number of anilines is 2. The minimum atomic E-state index is 0.0176. The topological polar surface area (TPSA) is 80.9 Å². The Hall–Kier alpha value is -1.60. The molecule has 0 aliphatic carbocycles. The normalized spacial score (nSPS) is 14.2. The first kappa shape index (κ1) is 10.5. The number of nitrogens with two attached hydrogens (primary N) is 1. The van der Waals surface area contributed by atoms with Crippen LogP contribution in [0.1, 0.15) is 0 Å². The van der Waals surface area contributed by atoms with Gasteiger partial charge in [0.25, 0.3) is 0 Å². The van der Waals surface area contributed by atoms with Crippen LogP contribution in [0.25, 0.3) is 11.3 Å². The highest BCUT2D eigenvalue weighted by atomic mass is 32.2. The Morgan fingerprint density at radius 1 is 1.35 bits per heavy atom. The van der Waals surface area contributed by atoms with Gasteiger partial charge in [0.15, 0.2) is 5.82 Å². The number of nitrogens with zero attached hydrogens (tertiary/aromatic N) is 2. The highest BCUT2D eigenvalue weighted by Gasteiger charge is 2.17. The summed E-state index contributed by atoms with van der Waals surface area (Å²) in [6.45, 7) is 0. The van der Waals surface area contributed by atoms with E-state index in [9.17, 15) is 4.79 Å². The fourth-order valence-electron chi connectivity index (χ4n) is 1.63. The molecule has 1 aliphatic heterocycles. The van der Waals surface area contributed by atoms with Crippen LogP contribution in [0.5, 0.6) is 0 Å². The zero-order valence-electron chi connectivity index (χ0n) is 8.64. The predicted molar refractivity (Wildman–Crippen MR) is 69.1 cm³/mol. The van der Waals surface area contributed by atoms with Crippen molar-refractivity contribution in [3.05, 3.63) is 18.2 Å². The number of thioether (sulfide) groups is 1. The largest absolute Gasteiger partial charge is 0.381 e. The standard InChI is InChI=1S/C10H8N4OS2/c11-10-9(13-17-14-10)5-1-2-7-6(3-5)12-8(15)4-16-7/h1-3H,4H2,(H2,11,14)(H,12,15). The molecule has 0 bridgehead atoms. The molecule has 5 nitrogen and oxygen atoms in total. The third kappa shape index (κ3) is 1.87. The van der Waals surface area contributed by atoms with Crippen molar-refractivity contribution in [2.24, 2.45) is 0 Å². The minimum Gasteiger partial charge on any atom is -0.381 e. The summed E-state index contributed by atoms with van der Waals surface area (Å²) in [6.07, 6.45) is 0. The number of hydrogen-bond acceptors (Lipinski definition) is 6. The summed E-state index contributed by atoms with van der Waals surface area (Å²) in [4.78, 5) is 12.4. The molecule has 3 rings (SSSR count). The second kappa shape index (κ2) is 4.01. The summed E-state index contributed by atoms with van der Waals surface area (Å²) in [7, 11) is 0. The van der Waals surface area contributed by atoms with Gasteiger partial charge in [-0.3, -0.25) is 4.79 Å². The molecule has 7 heteroatoms. The molecule has 0 unspecified atom stereocenters. The Bertz CT molecular complexity index is 596. The molecule has 3 N–H and O–H groups in total. The Kier molecular flexibility index (Phi) is 2.49. The molecule has 0 spiro atoms. The average molecular weight is 264 g/mol. The number of benzene rings is 1. The van der Waals surface area contributed by atoms with Gasteiger partial charge in [0.2, 0.25) is 5.91 Å². The van der Waals surface area contributed by atoms with Crippen molar-refractivity contribution >= 4 is 40.9 Å². The van der Waals surface area contributed by atoms with Crippen LogP contribution in [-0.4, -0.2) is 20.4 Å². The van der Waals surface area contributed by atoms with E-state index < -0.39 is 0 Å². The lowest BCUT2D eigenvalue weighted by Crippen LogP contribution is -2.18. The quantitative estimate of drug-likeness (QED) is 0.821. The van der Waals surface area contributed by atoms with E-state index in [0.29, 0.717) is 17.3 Å². The molecule has 0 radical (unpaired) electrons. The van der Waals surface area contributed by atoms with Gasteiger partial charge in [-0.15, -0.1) is 11.8 Å². The number of nitrogens with one attached hydrogen (secondary N) is 1. The molecule has 0 saturated heterocycles. The highest BCUT2D eigenvalue weighted by Crippen LogP contribution is 2.35. The van der Waals surface area contributed by atoms with Crippen LogP contribution in [0.4, 0.5) is 11.5 Å². The molecular formula is C10H8N4OS2. The second-order valence-electron chi connectivity index (χ2n) is 3.55. The van der Waals surface area contributed by atoms with Crippen LogP contribution in [0.15, 0.2) is 23.1 Å². The maximum absolute atomic E-state index is 11.3. The van der Waals surface area contributed by atoms with Gasteiger partial charge in [-0.25, -0.2) is 0 Å². The summed E-state index contributed by atoms with van der Waals surface area (Å²) in [5, 5.41) is 2.84. The molecule has 86 valence electrons. The third-order valence-corrected chi connectivity index (χ3v) is 4.02. The van der Waals surface area contributed by atoms with E-state index in [0.717, 1.165) is 27.9 Å². The van der Waals surface area contributed by atoms with Crippen molar-refractivity contribution in [1.29, 1.82) is 0 Å². The maximum atomic E-state index is 11.3. The van der Waals surface area contributed by atoms with Crippen LogP contribution in [-0.2, 0) is 4.79 Å². The van der Waals surface area contributed by atoms with Gasteiger partial charge in [-0.1, -0.05) is 6.07 Å². The Morgan fingerprint density at radius 2 is 2.24 bits per heavy atom. The monoisotopic (exact) mass is 264 g/mol. The molecule has 0 fully saturated rings. The van der Waals surface area contributed by atoms with Crippen molar-refractivity contribution in [2.75, 3.05) is 16.8 Å². The number of nitrogen functional groups attached to an aromatic ring is 1. The molecule has 2 heterocycles. The number of carbonyl (C=O) groups is 1. The van der Waals surface area contributed by atoms with Gasteiger partial charge in [0.05, 0.1) is 23.2 Å². The lowest BCUT2D eigenvalue weighted by molar-refractivity contribution is -0.113. The van der Waals surface area contributed by atoms with Gasteiger partial charge in [0, 0.05) is 10.5 Å². The van der Waals surface area contributed by atoms with Crippen molar-refractivity contribution in [2.45, 2.75) is 4.90 Å². The summed E-state index contributed by atoms with van der Waals surface area (Å²) in [5.41, 5.74) is 8.08. The van der Waals surface area contributed by atoms with Gasteiger partial charge in [0.1, 0.15) is 5.69 Å². The van der Waals surface area contributed by atoms with E-state index in [2.05, 4.69) is 14.1 Å². The van der Waals surface area contributed by atoms with Crippen molar-refractivity contribution < 1.29 is 4.79 Å². The van der Waals surface area contributed by atoms with Crippen LogP contribution < -0.4 is 11.1 Å². The van der Waals surface area contributed by atoms with Crippen LogP contribution in [0.3, 0.4) is 0 Å². The molecule has 0 atom stereocenters. The zero-order valence-corrected chi connectivity index (χ0v) is 10.3. The SMILES string of the molecule is Nc1nsnc1-c1ccc2c(c1)NC(=O)CS2. The van der Waals surface area contributed by atoms with E-state index >= 15 is 0 Å². The van der Waals surface area contributed by atoms with Crippen molar-refractivity contribution in [3.8, 4) is 11.3 Å². The van der Waals surface area contributed by atoms with Gasteiger partial charge in [-0.2, -0.15) is 8.75 Å². The average Bonchev–Trinajstić information content (AvgIpc) is 2.74. The van der Waals surface area contributed by atoms with Crippen molar-refractivity contribution in [1.82, 2.24) is 8.75 Å². The molecular weight excluding hydrogens is 256 g/mol. The number of aromatic nitrogens is 2. The zero-order chi connectivity index (χ0) is 11.8. The first-order valence-electron chi connectivity index (χ1n) is 4.89. The van der Waals surface area contributed by atoms with Gasteiger partial charge < -0.3 is 11.1 Å². The number of rotatable bonds is 1. The van der Waals surface area contributed by atoms with Crippen LogP contribution in [0, 0.1) is 0 Å². The Balaban J connectivity index is 2.06. The first-order chi connectivity index (χ1) is 8.24. The third-order valence-electron chi connectivity index (χ3n) is 2.40. The Labute approximate surface area is 106 Å². The lowest BCUT2D eigenvalue weighted by Gasteiger charge is -2.16. The summed E-state index contributed by atoms with van der Waals surface area (Å²) >= 11 is 2.61. The minimum absolute atomic E-state index is 0.0176. The van der Waals surface area contributed by atoms with E-state index in [-0.39, 0.29) is 5.91 Å². The lowest BCUT2D eigenvalue weighted by atomic mass is 10.1. The number of carbonyl (C=O) groups excluding carboxylic acids is 1. The fraction of sp³-hybridized carbons (Fsp3) is 0.100. The van der Waals surface area contributed by atoms with Gasteiger partial charge >= 0.3 is 0 Å². The van der Waals surface area contributed by atoms with E-state index in [4.69, 9.17) is 5.73 Å². The van der Waals surface area contributed by atoms with Crippen LogP contribution in [0.2, 0.25) is 0 Å². The molecule has 1 aromatic carbocycles. The summed E-state index contributed by atoms with van der Waals surface area (Å²) in [5.74, 6) is 0.904. The van der Waals surface area contributed by atoms with Crippen LogP contribution >= 0.6 is 23.5 Å². The fourth-order valence-corrected chi connectivity index (χ4v) is 2.91. The number of fused-ring (bicyclic) bond motifs is 1. The first-order valence-corrected chi connectivity index (χ1v) is 6.61. The number of hydrogen-bond donors (Lipinski definition) is 2. The number of amides is 1.